The number of methoxy groups -OCH3 is 2. The van der Waals surface area contributed by atoms with Crippen LogP contribution in [0.4, 0.5) is 0 Å². The molecule has 0 aromatic heterocycles. The summed E-state index contributed by atoms with van der Waals surface area (Å²) in [7, 11) is 3.24. The largest absolute Gasteiger partial charge is 0.497 e. The molecule has 4 heteroatoms. The summed E-state index contributed by atoms with van der Waals surface area (Å²) in [5.41, 5.74) is 2.71. The topological polar surface area (TPSA) is 55.8 Å². The standard InChI is InChI=1S/C29H28O4/c1-19-9-10-20-7-5-6-8-25(20)26(19)27(28(30)31)29(2,21-11-15-23(32-3)16-12-21)22-13-17-24(33-4)18-14-22/h5-18,27H,1-4H3,(H,30,31). The fourth-order valence-electron chi connectivity index (χ4n) is 4.82. The molecule has 0 bridgehead atoms. The Morgan fingerprint density at radius 2 is 1.30 bits per heavy atom. The van der Waals surface area contributed by atoms with E-state index in [2.05, 4.69) is 0 Å². The number of carbonyl (C=O) groups is 1. The third kappa shape index (κ3) is 3.93. The average molecular weight is 441 g/mol. The van der Waals surface area contributed by atoms with Crippen LogP contribution in [0.3, 0.4) is 0 Å². The van der Waals surface area contributed by atoms with Gasteiger partial charge in [-0.3, -0.25) is 4.79 Å². The molecule has 4 nitrogen and oxygen atoms in total. The van der Waals surface area contributed by atoms with Gasteiger partial charge in [-0.2, -0.15) is 0 Å². The fraction of sp³-hybridized carbons (Fsp3) is 0.207. The maximum Gasteiger partial charge on any atom is 0.312 e. The van der Waals surface area contributed by atoms with Gasteiger partial charge in [0.2, 0.25) is 0 Å². The number of hydrogen-bond donors (Lipinski definition) is 1. The Balaban J connectivity index is 2.04. The molecular weight excluding hydrogens is 412 g/mol. The number of carboxylic acid groups (broad SMARTS) is 1. The summed E-state index contributed by atoms with van der Waals surface area (Å²) >= 11 is 0. The third-order valence-electron chi connectivity index (χ3n) is 6.68. The minimum absolute atomic E-state index is 0.726. The molecule has 0 amide bonds. The molecular formula is C29H28O4. The zero-order valence-electron chi connectivity index (χ0n) is 19.3. The Kier molecular flexibility index (Phi) is 6.10. The molecule has 1 N–H and O–H groups in total. The van der Waals surface area contributed by atoms with E-state index in [-0.39, 0.29) is 0 Å². The van der Waals surface area contributed by atoms with E-state index in [0.29, 0.717) is 0 Å². The molecule has 0 heterocycles. The first-order valence-corrected chi connectivity index (χ1v) is 10.9. The lowest BCUT2D eigenvalue weighted by atomic mass is 9.63. The number of benzene rings is 4. The van der Waals surface area contributed by atoms with E-state index >= 15 is 0 Å². The van der Waals surface area contributed by atoms with Crippen LogP contribution in [-0.4, -0.2) is 25.3 Å². The average Bonchev–Trinajstić information content (AvgIpc) is 2.85. The van der Waals surface area contributed by atoms with Gasteiger partial charge in [-0.15, -0.1) is 0 Å². The summed E-state index contributed by atoms with van der Waals surface area (Å²) in [6.07, 6.45) is 0. The van der Waals surface area contributed by atoms with Crippen LogP contribution in [-0.2, 0) is 10.2 Å². The number of carboxylic acids is 1. The van der Waals surface area contributed by atoms with E-state index in [1.54, 1.807) is 14.2 Å². The Morgan fingerprint density at radius 1 is 0.788 bits per heavy atom. The number of hydrogen-bond acceptors (Lipinski definition) is 3. The first-order valence-electron chi connectivity index (χ1n) is 10.9. The van der Waals surface area contributed by atoms with Crippen molar-refractivity contribution in [2.24, 2.45) is 0 Å². The lowest BCUT2D eigenvalue weighted by molar-refractivity contribution is -0.140. The molecule has 33 heavy (non-hydrogen) atoms. The molecule has 4 aromatic rings. The van der Waals surface area contributed by atoms with Crippen molar-refractivity contribution in [2.45, 2.75) is 25.2 Å². The SMILES string of the molecule is COc1ccc(C(C)(c2ccc(OC)cc2)C(C(=O)O)c2c(C)ccc3ccccc23)cc1. The van der Waals surface area contributed by atoms with Crippen LogP contribution in [0.2, 0.25) is 0 Å². The maximum atomic E-state index is 13.1. The van der Waals surface area contributed by atoms with Crippen molar-refractivity contribution < 1.29 is 19.4 Å². The molecule has 4 aromatic carbocycles. The number of rotatable bonds is 7. The molecule has 0 aliphatic heterocycles. The molecule has 4 rings (SSSR count). The zero-order valence-corrected chi connectivity index (χ0v) is 19.3. The predicted molar refractivity (Wildman–Crippen MR) is 132 cm³/mol. The molecule has 0 saturated carbocycles. The van der Waals surface area contributed by atoms with Gasteiger partial charge in [-0.25, -0.2) is 0 Å². The summed E-state index contributed by atoms with van der Waals surface area (Å²) < 4.78 is 10.7. The lowest BCUT2D eigenvalue weighted by Crippen LogP contribution is -2.37. The monoisotopic (exact) mass is 440 g/mol. The summed E-state index contributed by atoms with van der Waals surface area (Å²) in [5.74, 6) is -0.248. The fourth-order valence-corrected chi connectivity index (χ4v) is 4.82. The molecule has 0 fully saturated rings. The second-order valence-corrected chi connectivity index (χ2v) is 8.45. The van der Waals surface area contributed by atoms with Gasteiger partial charge in [0.1, 0.15) is 11.5 Å². The van der Waals surface area contributed by atoms with Crippen molar-refractivity contribution in [3.63, 3.8) is 0 Å². The van der Waals surface area contributed by atoms with Crippen molar-refractivity contribution in [1.82, 2.24) is 0 Å². The zero-order chi connectivity index (χ0) is 23.6. The van der Waals surface area contributed by atoms with Gasteiger partial charge < -0.3 is 14.6 Å². The van der Waals surface area contributed by atoms with Crippen molar-refractivity contribution in [3.05, 3.63) is 107 Å². The highest BCUT2D eigenvalue weighted by Gasteiger charge is 2.44. The second-order valence-electron chi connectivity index (χ2n) is 8.45. The molecule has 0 aliphatic rings. The number of aryl methyl sites for hydroxylation is 1. The Morgan fingerprint density at radius 3 is 1.79 bits per heavy atom. The van der Waals surface area contributed by atoms with Crippen LogP contribution in [0, 0.1) is 6.92 Å². The molecule has 0 saturated heterocycles. The molecule has 0 spiro atoms. The summed E-state index contributed by atoms with van der Waals surface area (Å²) in [5, 5.41) is 12.7. The van der Waals surface area contributed by atoms with Crippen LogP contribution in [0.5, 0.6) is 11.5 Å². The first-order chi connectivity index (χ1) is 15.9. The van der Waals surface area contributed by atoms with Crippen LogP contribution < -0.4 is 9.47 Å². The molecule has 0 aliphatic carbocycles. The van der Waals surface area contributed by atoms with Gasteiger partial charge in [0.05, 0.1) is 20.1 Å². The Bertz CT molecular complexity index is 1230. The van der Waals surface area contributed by atoms with Crippen LogP contribution >= 0.6 is 0 Å². The van der Waals surface area contributed by atoms with Gasteiger partial charge in [0.15, 0.2) is 0 Å². The Labute approximate surface area is 194 Å². The third-order valence-corrected chi connectivity index (χ3v) is 6.68. The first kappa shape index (κ1) is 22.4. The highest BCUT2D eigenvalue weighted by molar-refractivity contribution is 5.93. The van der Waals surface area contributed by atoms with Crippen molar-refractivity contribution in [2.75, 3.05) is 14.2 Å². The normalized spacial score (nSPS) is 12.4. The maximum absolute atomic E-state index is 13.1. The second kappa shape index (κ2) is 8.99. The van der Waals surface area contributed by atoms with Gasteiger partial charge in [0, 0.05) is 5.41 Å². The van der Waals surface area contributed by atoms with E-state index in [1.165, 1.54) is 0 Å². The van der Waals surface area contributed by atoms with E-state index in [4.69, 9.17) is 9.47 Å². The molecule has 168 valence electrons. The van der Waals surface area contributed by atoms with E-state index in [1.807, 2.05) is 98.8 Å². The van der Waals surface area contributed by atoms with Crippen molar-refractivity contribution in [3.8, 4) is 11.5 Å². The number of ether oxygens (including phenoxy) is 2. The minimum Gasteiger partial charge on any atom is -0.497 e. The van der Waals surface area contributed by atoms with Crippen molar-refractivity contribution in [1.29, 1.82) is 0 Å². The highest BCUT2D eigenvalue weighted by Crippen LogP contribution is 2.48. The summed E-state index contributed by atoms with van der Waals surface area (Å²) in [6.45, 7) is 4.00. The summed E-state index contributed by atoms with van der Waals surface area (Å²) in [4.78, 5) is 13.1. The highest BCUT2D eigenvalue weighted by atomic mass is 16.5. The van der Waals surface area contributed by atoms with Gasteiger partial charge in [-0.1, -0.05) is 67.6 Å². The van der Waals surface area contributed by atoms with E-state index in [9.17, 15) is 9.90 Å². The predicted octanol–water partition coefficient (Wildman–Crippen LogP) is 6.34. The van der Waals surface area contributed by atoms with Crippen molar-refractivity contribution >= 4 is 16.7 Å². The van der Waals surface area contributed by atoms with Gasteiger partial charge in [-0.05, 0) is 64.2 Å². The van der Waals surface area contributed by atoms with E-state index in [0.717, 1.165) is 44.5 Å². The van der Waals surface area contributed by atoms with Gasteiger partial charge in [0.25, 0.3) is 0 Å². The smallest absolute Gasteiger partial charge is 0.312 e. The molecule has 0 radical (unpaired) electrons. The van der Waals surface area contributed by atoms with E-state index < -0.39 is 17.3 Å². The molecule has 1 unspecified atom stereocenters. The van der Waals surface area contributed by atoms with Crippen LogP contribution in [0.1, 0.15) is 35.1 Å². The quantitative estimate of drug-likeness (QED) is 0.364. The lowest BCUT2D eigenvalue weighted by Gasteiger charge is -2.38. The Hall–Kier alpha value is -3.79. The number of fused-ring (bicyclic) bond motifs is 1. The summed E-state index contributed by atoms with van der Waals surface area (Å²) in [6, 6.07) is 27.4. The van der Waals surface area contributed by atoms with Crippen LogP contribution in [0.25, 0.3) is 10.8 Å². The van der Waals surface area contributed by atoms with Gasteiger partial charge >= 0.3 is 5.97 Å². The molecule has 1 atom stereocenters. The number of aliphatic carboxylic acids is 1. The van der Waals surface area contributed by atoms with Crippen LogP contribution in [0.15, 0.2) is 84.9 Å². The minimum atomic E-state index is -0.872.